The van der Waals surface area contributed by atoms with Gasteiger partial charge in [0.25, 0.3) is 0 Å². The highest BCUT2D eigenvalue weighted by Gasteiger charge is 2.48. The largest absolute Gasteiger partial charge is 0.493 e. The lowest BCUT2D eigenvalue weighted by Crippen LogP contribution is -2.49. The molecule has 2 aliphatic rings. The fraction of sp³-hybridized carbons (Fsp3) is 0.500. The molecule has 1 unspecified atom stereocenters. The van der Waals surface area contributed by atoms with Crippen molar-refractivity contribution in [2.24, 2.45) is 0 Å². The van der Waals surface area contributed by atoms with Gasteiger partial charge in [0.05, 0.1) is 19.8 Å². The molecule has 1 aromatic carbocycles. The molecule has 0 bridgehead atoms. The zero-order chi connectivity index (χ0) is 15.7. The Morgan fingerprint density at radius 3 is 2.68 bits per heavy atom. The minimum absolute atomic E-state index is 0.207. The van der Waals surface area contributed by atoms with E-state index in [0.29, 0.717) is 17.9 Å². The molecule has 2 heterocycles. The molecule has 0 N–H and O–H groups in total. The summed E-state index contributed by atoms with van der Waals surface area (Å²) in [6.45, 7) is 5.76. The molecule has 118 valence electrons. The maximum atomic E-state index is 13.3. The minimum Gasteiger partial charge on any atom is -0.493 e. The van der Waals surface area contributed by atoms with E-state index in [0.717, 1.165) is 43.5 Å². The number of benzene rings is 1. The zero-order valence-electron chi connectivity index (χ0n) is 13.4. The van der Waals surface area contributed by atoms with Crippen molar-refractivity contribution in [1.29, 1.82) is 0 Å². The van der Waals surface area contributed by atoms with Crippen LogP contribution in [-0.2, 0) is 6.42 Å². The number of hydrogen-bond donors (Lipinski definition) is 0. The number of Topliss-reactive ketones (excluding diaryl/α,β-unsaturated/α-hetero) is 1. The van der Waals surface area contributed by atoms with Gasteiger partial charge in [-0.1, -0.05) is 6.08 Å². The predicted octanol–water partition coefficient (Wildman–Crippen LogP) is 2.85. The molecule has 0 aromatic heterocycles. The van der Waals surface area contributed by atoms with Crippen molar-refractivity contribution in [3.8, 4) is 11.5 Å². The topological polar surface area (TPSA) is 38.8 Å². The van der Waals surface area contributed by atoms with E-state index in [1.807, 2.05) is 18.2 Å². The molecule has 1 atom stereocenters. The van der Waals surface area contributed by atoms with E-state index in [-0.39, 0.29) is 5.78 Å². The van der Waals surface area contributed by atoms with Gasteiger partial charge in [-0.2, -0.15) is 0 Å². The van der Waals surface area contributed by atoms with Crippen LogP contribution in [0, 0.1) is 0 Å². The molecule has 3 rings (SSSR count). The first-order chi connectivity index (χ1) is 10.7. The Morgan fingerprint density at radius 2 is 2.00 bits per heavy atom. The summed E-state index contributed by atoms with van der Waals surface area (Å²) < 4.78 is 10.8. The molecular weight excluding hydrogens is 278 g/mol. The number of ketones is 1. The van der Waals surface area contributed by atoms with Crippen molar-refractivity contribution in [2.75, 3.05) is 27.3 Å². The number of fused-ring (bicyclic) bond motifs is 2. The van der Waals surface area contributed by atoms with E-state index in [1.54, 1.807) is 14.2 Å². The summed E-state index contributed by atoms with van der Waals surface area (Å²) in [6.07, 6.45) is 5.43. The maximum Gasteiger partial charge on any atom is 0.183 e. The standard InChI is InChI=1S/C18H23NO3/c1-4-7-18-8-5-9-19(18)10-6-13-11-15(21-2)16(22-3)12-14(13)17(18)20/h4,11-12H,1,5-10H2,2-3H3. The van der Waals surface area contributed by atoms with Gasteiger partial charge in [0.15, 0.2) is 17.3 Å². The third kappa shape index (κ3) is 2.13. The Labute approximate surface area is 131 Å². The van der Waals surface area contributed by atoms with Crippen molar-refractivity contribution in [2.45, 2.75) is 31.2 Å². The summed E-state index contributed by atoms with van der Waals surface area (Å²) in [5.74, 6) is 1.52. The van der Waals surface area contributed by atoms with Crippen LogP contribution in [0.4, 0.5) is 0 Å². The molecule has 22 heavy (non-hydrogen) atoms. The lowest BCUT2D eigenvalue weighted by molar-refractivity contribution is 0.0690. The summed E-state index contributed by atoms with van der Waals surface area (Å²) in [4.78, 5) is 15.7. The SMILES string of the molecule is C=CCC12CCCN1CCc1cc(OC)c(OC)cc1C2=O. The first-order valence-corrected chi connectivity index (χ1v) is 7.82. The third-order valence-corrected chi connectivity index (χ3v) is 5.03. The van der Waals surface area contributed by atoms with E-state index in [9.17, 15) is 4.79 Å². The summed E-state index contributed by atoms with van der Waals surface area (Å²) in [6, 6.07) is 3.80. The molecule has 1 aromatic rings. The van der Waals surface area contributed by atoms with Crippen LogP contribution in [-0.4, -0.2) is 43.5 Å². The van der Waals surface area contributed by atoms with Gasteiger partial charge in [-0.25, -0.2) is 0 Å². The number of carbonyl (C=O) groups is 1. The molecule has 2 aliphatic heterocycles. The first-order valence-electron chi connectivity index (χ1n) is 7.82. The molecule has 0 spiro atoms. The number of ether oxygens (including phenoxy) is 2. The number of carbonyl (C=O) groups excluding carboxylic acids is 1. The second-order valence-electron chi connectivity index (χ2n) is 6.06. The minimum atomic E-state index is -0.410. The second kappa shape index (κ2) is 5.76. The zero-order valence-corrected chi connectivity index (χ0v) is 13.4. The van der Waals surface area contributed by atoms with Crippen molar-refractivity contribution in [3.05, 3.63) is 35.9 Å². The van der Waals surface area contributed by atoms with Gasteiger partial charge in [-0.05, 0) is 49.9 Å². The van der Waals surface area contributed by atoms with Gasteiger partial charge in [0, 0.05) is 12.1 Å². The van der Waals surface area contributed by atoms with Crippen LogP contribution in [0.25, 0.3) is 0 Å². The lowest BCUT2D eigenvalue weighted by atomic mass is 9.83. The molecule has 0 aliphatic carbocycles. The first kappa shape index (κ1) is 15.1. The second-order valence-corrected chi connectivity index (χ2v) is 6.06. The monoisotopic (exact) mass is 301 g/mol. The van der Waals surface area contributed by atoms with E-state index in [4.69, 9.17) is 9.47 Å². The normalized spacial score (nSPS) is 24.4. The Morgan fingerprint density at radius 1 is 1.27 bits per heavy atom. The molecule has 0 saturated carbocycles. The van der Waals surface area contributed by atoms with Crippen molar-refractivity contribution in [1.82, 2.24) is 4.90 Å². The van der Waals surface area contributed by atoms with Gasteiger partial charge in [-0.3, -0.25) is 9.69 Å². The quantitative estimate of drug-likeness (QED) is 0.802. The van der Waals surface area contributed by atoms with Crippen LogP contribution in [0.5, 0.6) is 11.5 Å². The number of hydrogen-bond acceptors (Lipinski definition) is 4. The van der Waals surface area contributed by atoms with Crippen molar-refractivity contribution in [3.63, 3.8) is 0 Å². The highest BCUT2D eigenvalue weighted by Crippen LogP contribution is 2.41. The van der Waals surface area contributed by atoms with Crippen LogP contribution in [0.15, 0.2) is 24.8 Å². The third-order valence-electron chi connectivity index (χ3n) is 5.03. The van der Waals surface area contributed by atoms with Crippen molar-refractivity contribution < 1.29 is 14.3 Å². The molecule has 1 saturated heterocycles. The van der Waals surface area contributed by atoms with Crippen LogP contribution in [0.3, 0.4) is 0 Å². The lowest BCUT2D eigenvalue weighted by Gasteiger charge is -2.35. The molecule has 1 fully saturated rings. The summed E-state index contributed by atoms with van der Waals surface area (Å²) >= 11 is 0. The van der Waals surface area contributed by atoms with Gasteiger partial charge in [0.2, 0.25) is 0 Å². The van der Waals surface area contributed by atoms with Crippen LogP contribution < -0.4 is 9.47 Å². The number of methoxy groups -OCH3 is 2. The maximum absolute atomic E-state index is 13.3. The highest BCUT2D eigenvalue weighted by atomic mass is 16.5. The predicted molar refractivity (Wildman–Crippen MR) is 85.9 cm³/mol. The Kier molecular flexibility index (Phi) is 3.96. The molecular formula is C18H23NO3. The number of rotatable bonds is 4. The van der Waals surface area contributed by atoms with Gasteiger partial charge < -0.3 is 9.47 Å². The van der Waals surface area contributed by atoms with E-state index in [2.05, 4.69) is 11.5 Å². The Balaban J connectivity index is 2.12. The van der Waals surface area contributed by atoms with Crippen molar-refractivity contribution >= 4 is 5.78 Å². The fourth-order valence-electron chi connectivity index (χ4n) is 3.93. The average Bonchev–Trinajstić information content (AvgIpc) is 2.91. The Hall–Kier alpha value is -1.81. The van der Waals surface area contributed by atoms with Gasteiger partial charge in [0.1, 0.15) is 0 Å². The summed E-state index contributed by atoms with van der Waals surface area (Å²) in [7, 11) is 3.23. The highest BCUT2D eigenvalue weighted by molar-refractivity contribution is 6.05. The summed E-state index contributed by atoms with van der Waals surface area (Å²) in [5, 5.41) is 0. The molecule has 0 amide bonds. The van der Waals surface area contributed by atoms with E-state index in [1.165, 1.54) is 0 Å². The molecule has 4 nitrogen and oxygen atoms in total. The average molecular weight is 301 g/mol. The molecule has 0 radical (unpaired) electrons. The van der Waals surface area contributed by atoms with Gasteiger partial charge >= 0.3 is 0 Å². The van der Waals surface area contributed by atoms with Gasteiger partial charge in [-0.15, -0.1) is 6.58 Å². The van der Waals surface area contributed by atoms with E-state index < -0.39 is 5.54 Å². The van der Waals surface area contributed by atoms with E-state index >= 15 is 0 Å². The summed E-state index contributed by atoms with van der Waals surface area (Å²) in [5.41, 5.74) is 1.43. The van der Waals surface area contributed by atoms with Crippen LogP contribution in [0.2, 0.25) is 0 Å². The smallest absolute Gasteiger partial charge is 0.183 e. The molecule has 4 heteroatoms. The number of nitrogens with zero attached hydrogens (tertiary/aromatic N) is 1. The fourth-order valence-corrected chi connectivity index (χ4v) is 3.93. The van der Waals surface area contributed by atoms with Crippen LogP contribution in [0.1, 0.15) is 35.2 Å². The van der Waals surface area contributed by atoms with Crippen LogP contribution >= 0.6 is 0 Å². The Bertz CT molecular complexity index is 611.